The number of sulfonamides is 1. The Balaban J connectivity index is 1.76. The minimum Gasteiger partial charge on any atom is -0.326 e. The first-order valence-electron chi connectivity index (χ1n) is 8.32. The summed E-state index contributed by atoms with van der Waals surface area (Å²) < 4.78 is 66.5. The number of hydrogen-bond acceptors (Lipinski definition) is 3. The number of nitrogens with one attached hydrogen (secondary N) is 2. The van der Waals surface area contributed by atoms with E-state index < -0.39 is 26.7 Å². The average Bonchev–Trinajstić information content (AvgIpc) is 3.44. The Morgan fingerprint density at radius 2 is 1.86 bits per heavy atom. The molecule has 0 atom stereocenters. The molecule has 1 aliphatic carbocycles. The molecular weight excluding hydrogens is 417 g/mol. The van der Waals surface area contributed by atoms with Crippen LogP contribution in [0.3, 0.4) is 0 Å². The number of halogens is 4. The van der Waals surface area contributed by atoms with Crippen molar-refractivity contribution in [2.24, 2.45) is 5.92 Å². The minimum atomic E-state index is -4.87. The van der Waals surface area contributed by atoms with E-state index in [2.05, 4.69) is 10.0 Å². The van der Waals surface area contributed by atoms with Crippen molar-refractivity contribution in [1.29, 1.82) is 0 Å². The van der Waals surface area contributed by atoms with Gasteiger partial charge in [-0.05, 0) is 48.7 Å². The third kappa shape index (κ3) is 5.03. The van der Waals surface area contributed by atoms with Crippen LogP contribution in [0.5, 0.6) is 0 Å². The molecule has 0 aliphatic heterocycles. The predicted molar refractivity (Wildman–Crippen MR) is 98.3 cm³/mol. The number of carbonyl (C=O) groups excluding carboxylic acids is 1. The lowest BCUT2D eigenvalue weighted by Gasteiger charge is -2.14. The first-order chi connectivity index (χ1) is 13.1. The fourth-order valence-corrected chi connectivity index (χ4v) is 3.96. The molecule has 0 unspecified atom stereocenters. The van der Waals surface area contributed by atoms with Crippen molar-refractivity contribution in [3.05, 3.63) is 58.6 Å². The van der Waals surface area contributed by atoms with Gasteiger partial charge in [0.25, 0.3) is 0 Å². The van der Waals surface area contributed by atoms with E-state index >= 15 is 0 Å². The molecule has 0 bridgehead atoms. The number of hydrogen-bond donors (Lipinski definition) is 2. The monoisotopic (exact) mass is 432 g/mol. The maximum absolute atomic E-state index is 13.2. The minimum absolute atomic E-state index is 0.00727. The van der Waals surface area contributed by atoms with Gasteiger partial charge in [0, 0.05) is 23.2 Å². The zero-order chi connectivity index (χ0) is 20.5. The van der Waals surface area contributed by atoms with Gasteiger partial charge >= 0.3 is 6.18 Å². The van der Waals surface area contributed by atoms with Gasteiger partial charge in [-0.3, -0.25) is 4.79 Å². The summed E-state index contributed by atoms with van der Waals surface area (Å²) in [6.45, 7) is -0.241. The van der Waals surface area contributed by atoms with Crippen LogP contribution in [0, 0.1) is 5.92 Å². The number of rotatable bonds is 6. The summed E-state index contributed by atoms with van der Waals surface area (Å²) >= 11 is 5.58. The van der Waals surface area contributed by atoms with Crippen molar-refractivity contribution in [3.63, 3.8) is 0 Å². The quantitative estimate of drug-likeness (QED) is 0.718. The maximum Gasteiger partial charge on any atom is 0.417 e. The molecule has 1 amide bonds. The van der Waals surface area contributed by atoms with Crippen LogP contribution in [0.25, 0.3) is 0 Å². The fourth-order valence-electron chi connectivity index (χ4n) is 2.56. The molecule has 1 fully saturated rings. The first kappa shape index (κ1) is 20.6. The molecule has 0 aromatic heterocycles. The predicted octanol–water partition coefficient (Wildman–Crippen LogP) is 4.19. The van der Waals surface area contributed by atoms with Crippen molar-refractivity contribution < 1.29 is 26.4 Å². The summed E-state index contributed by atoms with van der Waals surface area (Å²) in [4.78, 5) is 10.9. The molecule has 1 saturated carbocycles. The topological polar surface area (TPSA) is 75.3 Å². The Morgan fingerprint density at radius 1 is 1.14 bits per heavy atom. The van der Waals surface area contributed by atoms with Crippen molar-refractivity contribution in [3.8, 4) is 0 Å². The third-order valence-corrected chi connectivity index (χ3v) is 5.84. The maximum atomic E-state index is 13.2. The van der Waals surface area contributed by atoms with Gasteiger partial charge < -0.3 is 5.32 Å². The molecule has 2 N–H and O–H groups in total. The Bertz CT molecular complexity index is 1010. The molecule has 0 spiro atoms. The number of amides is 1. The summed E-state index contributed by atoms with van der Waals surface area (Å²) in [6, 6.07) is 8.91. The van der Waals surface area contributed by atoms with Crippen LogP contribution in [0.2, 0.25) is 5.02 Å². The van der Waals surface area contributed by atoms with Crippen molar-refractivity contribution in [1.82, 2.24) is 4.72 Å². The Labute approximate surface area is 164 Å². The third-order valence-electron chi connectivity index (χ3n) is 4.15. The standard InChI is InChI=1S/C18H16ClF3N2O3S/c19-13-6-7-16(15(9-13)18(20,21)22)28(26,27)23-10-11-2-1-3-14(8-11)24-17(25)12-4-5-12/h1-3,6-9,12,23H,4-5,10H2,(H,24,25). The van der Waals surface area contributed by atoms with Crippen LogP contribution in [0.15, 0.2) is 47.4 Å². The van der Waals surface area contributed by atoms with Crippen LogP contribution in [-0.2, 0) is 27.5 Å². The molecule has 5 nitrogen and oxygen atoms in total. The highest BCUT2D eigenvalue weighted by molar-refractivity contribution is 7.89. The van der Waals surface area contributed by atoms with Crippen LogP contribution in [-0.4, -0.2) is 14.3 Å². The molecule has 3 rings (SSSR count). The Morgan fingerprint density at radius 3 is 2.50 bits per heavy atom. The van der Waals surface area contributed by atoms with Crippen molar-refractivity contribution >= 4 is 33.2 Å². The molecule has 2 aromatic rings. The number of carbonyl (C=O) groups is 1. The van der Waals surface area contributed by atoms with Crippen LogP contribution in [0.4, 0.5) is 18.9 Å². The summed E-state index contributed by atoms with van der Waals surface area (Å²) in [6.07, 6.45) is -3.19. The zero-order valence-corrected chi connectivity index (χ0v) is 16.0. The largest absolute Gasteiger partial charge is 0.417 e. The van der Waals surface area contributed by atoms with E-state index in [-0.39, 0.29) is 23.4 Å². The Hall–Kier alpha value is -2.10. The summed E-state index contributed by atoms with van der Waals surface area (Å²) in [7, 11) is -4.44. The highest BCUT2D eigenvalue weighted by Crippen LogP contribution is 2.36. The van der Waals surface area contributed by atoms with Gasteiger partial charge in [0.1, 0.15) is 0 Å². The lowest BCUT2D eigenvalue weighted by molar-refractivity contribution is -0.139. The Kier molecular flexibility index (Phi) is 5.69. The number of anilines is 1. The van der Waals surface area contributed by atoms with Crippen molar-refractivity contribution in [2.45, 2.75) is 30.5 Å². The van der Waals surface area contributed by atoms with Crippen LogP contribution in [0.1, 0.15) is 24.0 Å². The van der Waals surface area contributed by atoms with Gasteiger partial charge in [-0.2, -0.15) is 13.2 Å². The highest BCUT2D eigenvalue weighted by atomic mass is 35.5. The van der Waals surface area contributed by atoms with Gasteiger partial charge in [0.2, 0.25) is 15.9 Å². The van der Waals surface area contributed by atoms with E-state index in [0.717, 1.165) is 25.0 Å². The summed E-state index contributed by atoms with van der Waals surface area (Å²) in [5.41, 5.74) is -0.353. The smallest absolute Gasteiger partial charge is 0.326 e. The molecule has 0 saturated heterocycles. The van der Waals surface area contributed by atoms with E-state index in [1.165, 1.54) is 0 Å². The number of benzene rings is 2. The molecular formula is C18H16ClF3N2O3S. The van der Waals surface area contributed by atoms with Gasteiger partial charge in [-0.15, -0.1) is 0 Å². The van der Waals surface area contributed by atoms with Gasteiger partial charge in [-0.25, -0.2) is 13.1 Å². The lowest BCUT2D eigenvalue weighted by atomic mass is 10.2. The summed E-state index contributed by atoms with van der Waals surface area (Å²) in [5, 5.41) is 2.51. The van der Waals surface area contributed by atoms with Gasteiger partial charge in [0.15, 0.2) is 0 Å². The second-order valence-corrected chi connectivity index (χ2v) is 8.60. The fraction of sp³-hybridized carbons (Fsp3) is 0.278. The normalized spacial score (nSPS) is 14.7. The zero-order valence-electron chi connectivity index (χ0n) is 14.4. The van der Waals surface area contributed by atoms with E-state index in [4.69, 9.17) is 11.6 Å². The number of alkyl halides is 3. The molecule has 1 aliphatic rings. The molecule has 28 heavy (non-hydrogen) atoms. The molecule has 0 radical (unpaired) electrons. The summed E-state index contributed by atoms with van der Waals surface area (Å²) in [5.74, 6) is -0.0958. The van der Waals surface area contributed by atoms with Gasteiger partial charge in [0.05, 0.1) is 10.5 Å². The first-order valence-corrected chi connectivity index (χ1v) is 10.2. The molecule has 10 heteroatoms. The molecule has 2 aromatic carbocycles. The second-order valence-electron chi connectivity index (χ2n) is 6.43. The lowest BCUT2D eigenvalue weighted by Crippen LogP contribution is -2.26. The second kappa shape index (κ2) is 7.73. The van der Waals surface area contributed by atoms with Gasteiger partial charge in [-0.1, -0.05) is 23.7 Å². The van der Waals surface area contributed by atoms with Crippen LogP contribution < -0.4 is 10.0 Å². The van der Waals surface area contributed by atoms with E-state index in [0.29, 0.717) is 17.3 Å². The van der Waals surface area contributed by atoms with E-state index in [1.807, 2.05) is 0 Å². The van der Waals surface area contributed by atoms with Crippen LogP contribution >= 0.6 is 11.6 Å². The van der Waals surface area contributed by atoms with E-state index in [1.54, 1.807) is 24.3 Å². The van der Waals surface area contributed by atoms with E-state index in [9.17, 15) is 26.4 Å². The van der Waals surface area contributed by atoms with Crippen molar-refractivity contribution in [2.75, 3.05) is 5.32 Å². The SMILES string of the molecule is O=C(Nc1cccc(CNS(=O)(=O)c2ccc(Cl)cc2C(F)(F)F)c1)C1CC1. The average molecular weight is 433 g/mol. The molecule has 150 valence electrons. The molecule has 0 heterocycles. The highest BCUT2D eigenvalue weighted by Gasteiger charge is 2.37.